The molecule has 1 aromatic carbocycles. The molecule has 0 radical (unpaired) electrons. The fraction of sp³-hybridized carbons (Fsp3) is 0.579. The van der Waals surface area contributed by atoms with E-state index in [1.54, 1.807) is 0 Å². The standard InChI is InChI=1S/C19H32N4O2.2ClH/c1-14(2)10-11-21-19(25)17(12-15-8-6-5-7-9-15)22-18(24)16(20)13-23(3)4;;/h5-9,14,16-17H,10-13,20H2,1-4H3,(H,21,25)(H,22,24);2*1H/t16-,17+;;/m1../s1. The highest BCUT2D eigenvalue weighted by atomic mass is 35.5. The summed E-state index contributed by atoms with van der Waals surface area (Å²) in [6.45, 7) is 5.24. The summed E-state index contributed by atoms with van der Waals surface area (Å²) in [7, 11) is 3.71. The number of carbonyl (C=O) groups excluding carboxylic acids is 2. The molecule has 0 saturated heterocycles. The van der Waals surface area contributed by atoms with E-state index in [0.717, 1.165) is 12.0 Å². The van der Waals surface area contributed by atoms with Crippen molar-refractivity contribution >= 4 is 36.6 Å². The van der Waals surface area contributed by atoms with Gasteiger partial charge in [0.25, 0.3) is 0 Å². The van der Waals surface area contributed by atoms with Crippen LogP contribution in [0.4, 0.5) is 0 Å². The summed E-state index contributed by atoms with van der Waals surface area (Å²) in [4.78, 5) is 26.7. The van der Waals surface area contributed by atoms with Crippen LogP contribution in [0.1, 0.15) is 25.8 Å². The molecule has 0 heterocycles. The molecule has 6 nitrogen and oxygen atoms in total. The predicted molar refractivity (Wildman–Crippen MR) is 116 cm³/mol. The number of nitrogens with two attached hydrogens (primary N) is 1. The molecule has 4 N–H and O–H groups in total. The van der Waals surface area contributed by atoms with E-state index in [1.165, 1.54) is 0 Å². The normalized spacial score (nSPS) is 12.6. The monoisotopic (exact) mass is 420 g/mol. The van der Waals surface area contributed by atoms with Crippen LogP contribution in [-0.2, 0) is 16.0 Å². The molecule has 27 heavy (non-hydrogen) atoms. The molecule has 156 valence electrons. The number of benzene rings is 1. The summed E-state index contributed by atoms with van der Waals surface area (Å²) >= 11 is 0. The lowest BCUT2D eigenvalue weighted by Gasteiger charge is -2.22. The minimum Gasteiger partial charge on any atom is -0.354 e. The summed E-state index contributed by atoms with van der Waals surface area (Å²) in [6.07, 6.45) is 1.34. The van der Waals surface area contributed by atoms with Gasteiger partial charge in [0.15, 0.2) is 0 Å². The van der Waals surface area contributed by atoms with Crippen LogP contribution >= 0.6 is 24.8 Å². The predicted octanol–water partition coefficient (Wildman–Crippen LogP) is 1.61. The zero-order valence-electron chi connectivity index (χ0n) is 16.6. The lowest BCUT2D eigenvalue weighted by Crippen LogP contribution is -2.54. The fourth-order valence-electron chi connectivity index (χ4n) is 2.42. The number of hydrogen-bond donors (Lipinski definition) is 3. The SMILES string of the molecule is CC(C)CCNC(=O)[C@H](Cc1ccccc1)NC(=O)[C@H](N)CN(C)C.Cl.Cl. The molecule has 2 amide bonds. The third-order valence-corrected chi connectivity index (χ3v) is 3.84. The van der Waals surface area contributed by atoms with Gasteiger partial charge in [-0.3, -0.25) is 9.59 Å². The van der Waals surface area contributed by atoms with Gasteiger partial charge in [-0.2, -0.15) is 0 Å². The van der Waals surface area contributed by atoms with Gasteiger partial charge in [0.1, 0.15) is 6.04 Å². The maximum atomic E-state index is 12.5. The number of likely N-dealkylation sites (N-methyl/N-ethyl adjacent to an activating group) is 1. The fourth-order valence-corrected chi connectivity index (χ4v) is 2.42. The van der Waals surface area contributed by atoms with Gasteiger partial charge < -0.3 is 21.3 Å². The molecule has 0 fully saturated rings. The van der Waals surface area contributed by atoms with Crippen LogP contribution in [0.25, 0.3) is 0 Å². The molecule has 0 bridgehead atoms. The zero-order valence-corrected chi connectivity index (χ0v) is 18.2. The number of rotatable bonds is 10. The van der Waals surface area contributed by atoms with Crippen LogP contribution in [0, 0.1) is 5.92 Å². The Labute approximate surface area is 175 Å². The Hall–Kier alpha value is -1.34. The van der Waals surface area contributed by atoms with Gasteiger partial charge in [0.2, 0.25) is 11.8 Å². The van der Waals surface area contributed by atoms with E-state index >= 15 is 0 Å². The van der Waals surface area contributed by atoms with Crippen LogP contribution in [0.5, 0.6) is 0 Å². The van der Waals surface area contributed by atoms with Crippen molar-refractivity contribution in [2.24, 2.45) is 11.7 Å². The van der Waals surface area contributed by atoms with E-state index < -0.39 is 12.1 Å². The maximum absolute atomic E-state index is 12.5. The number of amides is 2. The summed E-state index contributed by atoms with van der Waals surface area (Å²) in [6, 6.07) is 8.35. The Morgan fingerprint density at radius 2 is 1.67 bits per heavy atom. The van der Waals surface area contributed by atoms with Gasteiger partial charge in [0.05, 0.1) is 6.04 Å². The van der Waals surface area contributed by atoms with Crippen molar-refractivity contribution in [3.05, 3.63) is 35.9 Å². The summed E-state index contributed by atoms with van der Waals surface area (Å²) in [5, 5.41) is 5.72. The van der Waals surface area contributed by atoms with Crippen LogP contribution in [0.3, 0.4) is 0 Å². The van der Waals surface area contributed by atoms with Crippen molar-refractivity contribution in [1.82, 2.24) is 15.5 Å². The van der Waals surface area contributed by atoms with Crippen molar-refractivity contribution in [3.8, 4) is 0 Å². The lowest BCUT2D eigenvalue weighted by atomic mass is 10.0. The third kappa shape index (κ3) is 11.9. The first-order valence-corrected chi connectivity index (χ1v) is 8.82. The molecule has 1 rings (SSSR count). The lowest BCUT2D eigenvalue weighted by molar-refractivity contribution is -0.129. The number of hydrogen-bond acceptors (Lipinski definition) is 4. The Kier molecular flexibility index (Phi) is 15.2. The molecule has 0 aliphatic carbocycles. The number of halogens is 2. The highest BCUT2D eigenvalue weighted by Gasteiger charge is 2.24. The molecule has 2 atom stereocenters. The summed E-state index contributed by atoms with van der Waals surface area (Å²) < 4.78 is 0. The highest BCUT2D eigenvalue weighted by molar-refractivity contribution is 5.90. The molecule has 1 aromatic rings. The van der Waals surface area contributed by atoms with Crippen LogP contribution in [0.15, 0.2) is 30.3 Å². The Balaban J connectivity index is 0. The average Bonchev–Trinajstić information content (AvgIpc) is 2.54. The Morgan fingerprint density at radius 3 is 2.19 bits per heavy atom. The van der Waals surface area contributed by atoms with Gasteiger partial charge in [-0.25, -0.2) is 0 Å². The molecular weight excluding hydrogens is 387 g/mol. The topological polar surface area (TPSA) is 87.5 Å². The first-order chi connectivity index (χ1) is 11.8. The average molecular weight is 421 g/mol. The van der Waals surface area contributed by atoms with Crippen molar-refractivity contribution in [3.63, 3.8) is 0 Å². The largest absolute Gasteiger partial charge is 0.354 e. The van der Waals surface area contributed by atoms with Crippen molar-refractivity contribution < 1.29 is 9.59 Å². The minimum absolute atomic E-state index is 0. The zero-order chi connectivity index (χ0) is 18.8. The van der Waals surface area contributed by atoms with Crippen molar-refractivity contribution in [2.45, 2.75) is 38.8 Å². The van der Waals surface area contributed by atoms with Crippen molar-refractivity contribution in [1.29, 1.82) is 0 Å². The van der Waals surface area contributed by atoms with Gasteiger partial charge in [-0.15, -0.1) is 24.8 Å². The highest BCUT2D eigenvalue weighted by Crippen LogP contribution is 2.05. The molecule has 0 aliphatic heterocycles. The molecular formula is C19H34Cl2N4O2. The number of nitrogens with zero attached hydrogens (tertiary/aromatic N) is 1. The quantitative estimate of drug-likeness (QED) is 0.536. The minimum atomic E-state index is -0.670. The molecule has 0 unspecified atom stereocenters. The van der Waals surface area contributed by atoms with E-state index in [4.69, 9.17) is 5.73 Å². The Bertz CT molecular complexity index is 542. The Morgan fingerprint density at radius 1 is 1.07 bits per heavy atom. The number of nitrogens with one attached hydrogen (secondary N) is 2. The first kappa shape index (κ1) is 27.9. The van der Waals surface area contributed by atoms with E-state index in [-0.39, 0.29) is 36.6 Å². The van der Waals surface area contributed by atoms with Crippen molar-refractivity contribution in [2.75, 3.05) is 27.2 Å². The van der Waals surface area contributed by atoms with Gasteiger partial charge in [-0.05, 0) is 32.0 Å². The van der Waals surface area contributed by atoms with Crippen LogP contribution < -0.4 is 16.4 Å². The first-order valence-electron chi connectivity index (χ1n) is 8.82. The summed E-state index contributed by atoms with van der Waals surface area (Å²) in [5.41, 5.74) is 6.91. The van der Waals surface area contributed by atoms with Gasteiger partial charge in [0, 0.05) is 19.5 Å². The van der Waals surface area contributed by atoms with Crippen LogP contribution in [0.2, 0.25) is 0 Å². The van der Waals surface area contributed by atoms with E-state index in [1.807, 2.05) is 49.3 Å². The van der Waals surface area contributed by atoms with Crippen LogP contribution in [-0.4, -0.2) is 56.0 Å². The summed E-state index contributed by atoms with van der Waals surface area (Å²) in [5.74, 6) is 0.0273. The smallest absolute Gasteiger partial charge is 0.242 e. The van der Waals surface area contributed by atoms with Gasteiger partial charge >= 0.3 is 0 Å². The number of carbonyl (C=O) groups is 2. The van der Waals surface area contributed by atoms with Gasteiger partial charge in [-0.1, -0.05) is 44.2 Å². The molecule has 0 saturated carbocycles. The molecule has 0 aromatic heterocycles. The third-order valence-electron chi connectivity index (χ3n) is 3.84. The van der Waals surface area contributed by atoms with E-state index in [9.17, 15) is 9.59 Å². The second kappa shape index (κ2) is 14.7. The van der Waals surface area contributed by atoms with E-state index in [0.29, 0.717) is 25.4 Å². The molecule has 0 spiro atoms. The molecule has 8 heteroatoms. The molecule has 0 aliphatic rings. The second-order valence-electron chi connectivity index (χ2n) is 7.09. The second-order valence-corrected chi connectivity index (χ2v) is 7.09. The van der Waals surface area contributed by atoms with E-state index in [2.05, 4.69) is 24.5 Å². The maximum Gasteiger partial charge on any atom is 0.242 e.